The van der Waals surface area contributed by atoms with Gasteiger partial charge in [0.25, 0.3) is 5.91 Å². The van der Waals surface area contributed by atoms with Crippen LogP contribution in [0.25, 0.3) is 0 Å². The molecule has 0 radical (unpaired) electrons. The van der Waals surface area contributed by atoms with Crippen molar-refractivity contribution < 1.29 is 9.53 Å². The van der Waals surface area contributed by atoms with Crippen molar-refractivity contribution in [3.8, 4) is 0 Å². The lowest BCUT2D eigenvalue weighted by Gasteiger charge is -2.21. The van der Waals surface area contributed by atoms with E-state index in [0.29, 0.717) is 13.2 Å². The van der Waals surface area contributed by atoms with Crippen molar-refractivity contribution in [1.29, 1.82) is 0 Å². The Morgan fingerprint density at radius 1 is 1.37 bits per heavy atom. The zero-order valence-corrected chi connectivity index (χ0v) is 12.6. The lowest BCUT2D eigenvalue weighted by atomic mass is 10.2. The number of ether oxygens (including phenoxy) is 1. The van der Waals surface area contributed by atoms with Gasteiger partial charge in [-0.3, -0.25) is 4.79 Å². The van der Waals surface area contributed by atoms with Crippen molar-refractivity contribution in [2.75, 3.05) is 27.2 Å². The molecule has 19 heavy (non-hydrogen) atoms. The summed E-state index contributed by atoms with van der Waals surface area (Å²) >= 11 is 0. The van der Waals surface area contributed by atoms with Crippen LogP contribution in [0, 0.1) is 0 Å². The van der Waals surface area contributed by atoms with E-state index in [1.807, 2.05) is 37.4 Å². The van der Waals surface area contributed by atoms with Gasteiger partial charge >= 0.3 is 0 Å². The molecule has 0 heterocycles. The van der Waals surface area contributed by atoms with Gasteiger partial charge in [0.2, 0.25) is 0 Å². The molecule has 1 aromatic rings. The van der Waals surface area contributed by atoms with Gasteiger partial charge in [0, 0.05) is 20.1 Å². The maximum Gasteiger partial charge on any atom is 0.251 e. The highest BCUT2D eigenvalue weighted by Gasteiger charge is 2.17. The predicted molar refractivity (Wildman–Crippen MR) is 79.5 cm³/mol. The highest BCUT2D eigenvalue weighted by Crippen LogP contribution is 2.05. The molecule has 1 amide bonds. The smallest absolute Gasteiger partial charge is 0.251 e. The fourth-order valence-corrected chi connectivity index (χ4v) is 1.57. The van der Waals surface area contributed by atoms with Gasteiger partial charge in [-0.15, -0.1) is 12.4 Å². The highest BCUT2D eigenvalue weighted by molar-refractivity contribution is 5.85. The summed E-state index contributed by atoms with van der Waals surface area (Å²) < 4.78 is 5.58. The first-order valence-corrected chi connectivity index (χ1v) is 6.20. The van der Waals surface area contributed by atoms with E-state index >= 15 is 0 Å². The number of rotatable bonds is 7. The number of carbonyl (C=O) groups is 1. The van der Waals surface area contributed by atoms with E-state index < -0.39 is 6.10 Å². The Morgan fingerprint density at radius 2 is 2.00 bits per heavy atom. The minimum Gasteiger partial charge on any atom is -0.364 e. The number of nitrogens with one attached hydrogen (secondary N) is 1. The molecule has 1 rings (SSSR count). The maximum atomic E-state index is 11.9. The number of carbonyl (C=O) groups excluding carboxylic acids is 1. The van der Waals surface area contributed by atoms with Gasteiger partial charge in [-0.2, -0.15) is 0 Å². The standard InChI is InChI=1S/C14H22N2O2.ClH/c1-12(14(17)16(3)10-9-15-2)18-11-13-7-5-4-6-8-13;/h4-8,12,15H,9-11H2,1-3H3;1H. The molecule has 1 aromatic carbocycles. The molecule has 0 bridgehead atoms. The summed E-state index contributed by atoms with van der Waals surface area (Å²) in [5, 5.41) is 3.02. The second-order valence-corrected chi connectivity index (χ2v) is 4.30. The molecule has 1 atom stereocenters. The van der Waals surface area contributed by atoms with E-state index in [9.17, 15) is 4.79 Å². The first-order chi connectivity index (χ1) is 8.65. The summed E-state index contributed by atoms with van der Waals surface area (Å²) in [4.78, 5) is 13.6. The van der Waals surface area contributed by atoms with Crippen LogP contribution in [0.3, 0.4) is 0 Å². The normalized spacial score (nSPS) is 11.5. The van der Waals surface area contributed by atoms with Crippen molar-refractivity contribution in [3.05, 3.63) is 35.9 Å². The Balaban J connectivity index is 0.00000324. The minimum absolute atomic E-state index is 0. The van der Waals surface area contributed by atoms with E-state index in [0.717, 1.165) is 12.1 Å². The van der Waals surface area contributed by atoms with E-state index in [2.05, 4.69) is 5.32 Å². The van der Waals surface area contributed by atoms with E-state index in [-0.39, 0.29) is 18.3 Å². The number of hydrogen-bond acceptors (Lipinski definition) is 3. The third-order valence-electron chi connectivity index (χ3n) is 2.76. The van der Waals surface area contributed by atoms with Gasteiger partial charge in [0.1, 0.15) is 6.10 Å². The fraction of sp³-hybridized carbons (Fsp3) is 0.500. The molecule has 0 aliphatic rings. The number of benzene rings is 1. The Labute approximate surface area is 121 Å². The molecule has 0 fully saturated rings. The summed E-state index contributed by atoms with van der Waals surface area (Å²) in [5.74, 6) is 0.0150. The van der Waals surface area contributed by atoms with Gasteiger partial charge in [0.05, 0.1) is 6.61 Å². The van der Waals surface area contributed by atoms with E-state index in [1.165, 1.54) is 0 Å². The fourth-order valence-electron chi connectivity index (χ4n) is 1.57. The molecule has 0 saturated carbocycles. The van der Waals surface area contributed by atoms with Gasteiger partial charge in [0.15, 0.2) is 0 Å². The van der Waals surface area contributed by atoms with E-state index in [1.54, 1.807) is 18.9 Å². The molecule has 0 aromatic heterocycles. The Bertz CT molecular complexity index is 360. The lowest BCUT2D eigenvalue weighted by molar-refractivity contribution is -0.141. The van der Waals surface area contributed by atoms with Crippen LogP contribution in [-0.4, -0.2) is 44.1 Å². The third-order valence-corrected chi connectivity index (χ3v) is 2.76. The monoisotopic (exact) mass is 286 g/mol. The Kier molecular flexibility index (Phi) is 9.21. The largest absolute Gasteiger partial charge is 0.364 e. The Hall–Kier alpha value is -1.10. The van der Waals surface area contributed by atoms with Gasteiger partial charge in [-0.1, -0.05) is 30.3 Å². The lowest BCUT2D eigenvalue weighted by Crippen LogP contribution is -2.39. The average molecular weight is 287 g/mol. The first kappa shape index (κ1) is 17.9. The van der Waals surface area contributed by atoms with Gasteiger partial charge < -0.3 is 15.0 Å². The van der Waals surface area contributed by atoms with E-state index in [4.69, 9.17) is 4.74 Å². The number of likely N-dealkylation sites (N-methyl/N-ethyl adjacent to an activating group) is 2. The zero-order valence-electron chi connectivity index (χ0n) is 11.8. The molecular weight excluding hydrogens is 264 g/mol. The van der Waals surface area contributed by atoms with Crippen LogP contribution in [0.1, 0.15) is 12.5 Å². The van der Waals surface area contributed by atoms with Gasteiger partial charge in [-0.25, -0.2) is 0 Å². The molecule has 0 aliphatic carbocycles. The number of hydrogen-bond donors (Lipinski definition) is 1. The predicted octanol–water partition coefficient (Wildman–Crippen LogP) is 1.69. The minimum atomic E-state index is -0.410. The molecular formula is C14H23ClN2O2. The Morgan fingerprint density at radius 3 is 2.58 bits per heavy atom. The molecule has 5 heteroatoms. The second-order valence-electron chi connectivity index (χ2n) is 4.30. The highest BCUT2D eigenvalue weighted by atomic mass is 35.5. The summed E-state index contributed by atoms with van der Waals surface area (Å²) in [5.41, 5.74) is 1.08. The number of nitrogens with zero attached hydrogens (tertiary/aromatic N) is 1. The number of halogens is 1. The third kappa shape index (κ3) is 6.57. The summed E-state index contributed by atoms with van der Waals surface area (Å²) in [7, 11) is 3.66. The van der Waals surface area contributed by atoms with Crippen LogP contribution in [-0.2, 0) is 16.1 Å². The summed E-state index contributed by atoms with van der Waals surface area (Å²) in [6, 6.07) is 9.86. The summed E-state index contributed by atoms with van der Waals surface area (Å²) in [6.07, 6.45) is -0.410. The SMILES string of the molecule is CNCCN(C)C(=O)C(C)OCc1ccccc1.Cl. The molecule has 4 nitrogen and oxygen atoms in total. The molecule has 0 aliphatic heterocycles. The van der Waals surface area contributed by atoms with Gasteiger partial charge in [-0.05, 0) is 19.5 Å². The van der Waals surface area contributed by atoms with Crippen molar-refractivity contribution >= 4 is 18.3 Å². The molecule has 1 N–H and O–H groups in total. The quantitative estimate of drug-likeness (QED) is 0.829. The van der Waals surface area contributed by atoms with Crippen LogP contribution in [0.2, 0.25) is 0 Å². The molecule has 108 valence electrons. The van der Waals surface area contributed by atoms with Crippen LogP contribution in [0.15, 0.2) is 30.3 Å². The van der Waals surface area contributed by atoms with Crippen molar-refractivity contribution in [2.24, 2.45) is 0 Å². The maximum absolute atomic E-state index is 11.9. The topological polar surface area (TPSA) is 41.6 Å². The number of amides is 1. The second kappa shape index (κ2) is 9.78. The van der Waals surface area contributed by atoms with Crippen LogP contribution in [0.4, 0.5) is 0 Å². The first-order valence-electron chi connectivity index (χ1n) is 6.20. The van der Waals surface area contributed by atoms with Crippen LogP contribution in [0.5, 0.6) is 0 Å². The summed E-state index contributed by atoms with van der Waals surface area (Å²) in [6.45, 7) is 3.73. The average Bonchev–Trinajstić information content (AvgIpc) is 2.42. The molecule has 0 saturated heterocycles. The zero-order chi connectivity index (χ0) is 13.4. The van der Waals surface area contributed by atoms with Crippen LogP contribution < -0.4 is 5.32 Å². The van der Waals surface area contributed by atoms with Crippen molar-refractivity contribution in [3.63, 3.8) is 0 Å². The van der Waals surface area contributed by atoms with Crippen molar-refractivity contribution in [2.45, 2.75) is 19.6 Å². The van der Waals surface area contributed by atoms with Crippen LogP contribution >= 0.6 is 12.4 Å². The molecule has 1 unspecified atom stereocenters. The van der Waals surface area contributed by atoms with Crippen molar-refractivity contribution in [1.82, 2.24) is 10.2 Å². The molecule has 0 spiro atoms.